The van der Waals surface area contributed by atoms with Gasteiger partial charge in [0.25, 0.3) is 5.91 Å². The minimum Gasteiger partial charge on any atom is -0.384 e. The van der Waals surface area contributed by atoms with Crippen LogP contribution in [-0.4, -0.2) is 22.1 Å². The molecule has 4 nitrogen and oxygen atoms in total. The lowest BCUT2D eigenvalue weighted by molar-refractivity contribution is 0.0530. The van der Waals surface area contributed by atoms with Crippen LogP contribution in [0.15, 0.2) is 65.6 Å². The Hall–Kier alpha value is -2.37. The molecule has 0 saturated heterocycles. The van der Waals surface area contributed by atoms with Gasteiger partial charge < -0.3 is 15.0 Å². The van der Waals surface area contributed by atoms with E-state index in [9.17, 15) is 9.90 Å². The smallest absolute Gasteiger partial charge is 0.251 e. The zero-order valence-electron chi connectivity index (χ0n) is 12.8. The van der Waals surface area contributed by atoms with Gasteiger partial charge in [0.15, 0.2) is 0 Å². The molecule has 3 aromatic rings. The Balaban J connectivity index is 1.70. The third kappa shape index (κ3) is 3.52. The average molecular weight is 326 g/mol. The van der Waals surface area contributed by atoms with E-state index in [1.807, 2.05) is 64.1 Å². The van der Waals surface area contributed by atoms with Crippen LogP contribution in [0.2, 0.25) is 0 Å². The van der Waals surface area contributed by atoms with Crippen LogP contribution in [0.25, 0.3) is 5.69 Å². The Morgan fingerprint density at radius 3 is 2.74 bits per heavy atom. The molecule has 1 amide bonds. The third-order valence-electron chi connectivity index (χ3n) is 3.75. The molecule has 1 aromatic carbocycles. The maximum atomic E-state index is 12.4. The number of hydrogen-bond acceptors (Lipinski definition) is 3. The molecule has 2 aromatic heterocycles. The second-order valence-corrected chi connectivity index (χ2v) is 6.39. The largest absolute Gasteiger partial charge is 0.384 e. The Morgan fingerprint density at radius 2 is 2.04 bits per heavy atom. The van der Waals surface area contributed by atoms with Gasteiger partial charge in [0.05, 0.1) is 6.54 Å². The molecule has 0 aliphatic heterocycles. The van der Waals surface area contributed by atoms with Gasteiger partial charge in [-0.3, -0.25) is 4.79 Å². The van der Waals surface area contributed by atoms with Crippen molar-refractivity contribution in [1.29, 1.82) is 0 Å². The summed E-state index contributed by atoms with van der Waals surface area (Å²) in [5.41, 5.74) is 1.22. The van der Waals surface area contributed by atoms with Crippen molar-refractivity contribution in [2.75, 3.05) is 6.54 Å². The van der Waals surface area contributed by atoms with Crippen LogP contribution in [0, 0.1) is 0 Å². The molecule has 1 atom stereocenters. The van der Waals surface area contributed by atoms with Crippen molar-refractivity contribution in [3.63, 3.8) is 0 Å². The molecule has 23 heavy (non-hydrogen) atoms. The molecular weight excluding hydrogens is 308 g/mol. The van der Waals surface area contributed by atoms with Gasteiger partial charge in [-0.1, -0.05) is 6.07 Å². The van der Waals surface area contributed by atoms with Crippen LogP contribution in [0.3, 0.4) is 0 Å². The number of aliphatic hydroxyl groups is 1. The lowest BCUT2D eigenvalue weighted by Crippen LogP contribution is -2.38. The lowest BCUT2D eigenvalue weighted by Gasteiger charge is -2.22. The molecule has 0 spiro atoms. The second-order valence-electron chi connectivity index (χ2n) is 5.61. The van der Waals surface area contributed by atoms with Gasteiger partial charge in [-0.25, -0.2) is 0 Å². The van der Waals surface area contributed by atoms with E-state index < -0.39 is 5.60 Å². The number of carbonyl (C=O) groups is 1. The Kier molecular flexibility index (Phi) is 4.32. The minimum absolute atomic E-state index is 0.163. The average Bonchev–Trinajstić information content (AvgIpc) is 3.25. The van der Waals surface area contributed by atoms with Gasteiger partial charge in [-0.2, -0.15) is 11.3 Å². The second kappa shape index (κ2) is 6.40. The van der Waals surface area contributed by atoms with E-state index in [1.165, 1.54) is 11.3 Å². The molecule has 1 unspecified atom stereocenters. The van der Waals surface area contributed by atoms with E-state index in [0.29, 0.717) is 5.56 Å². The Morgan fingerprint density at radius 1 is 1.26 bits per heavy atom. The van der Waals surface area contributed by atoms with E-state index in [4.69, 9.17) is 0 Å². The van der Waals surface area contributed by atoms with Gasteiger partial charge >= 0.3 is 0 Å². The predicted molar refractivity (Wildman–Crippen MR) is 92.0 cm³/mol. The topological polar surface area (TPSA) is 54.3 Å². The van der Waals surface area contributed by atoms with Crippen molar-refractivity contribution in [2.24, 2.45) is 0 Å². The number of aromatic nitrogens is 1. The van der Waals surface area contributed by atoms with E-state index in [0.717, 1.165) is 11.3 Å². The van der Waals surface area contributed by atoms with Gasteiger partial charge in [0.2, 0.25) is 0 Å². The van der Waals surface area contributed by atoms with Crippen molar-refractivity contribution < 1.29 is 9.90 Å². The van der Waals surface area contributed by atoms with Gasteiger partial charge in [-0.05, 0) is 59.6 Å². The van der Waals surface area contributed by atoms with Crippen LogP contribution >= 0.6 is 11.3 Å². The molecule has 0 bridgehead atoms. The number of rotatable bonds is 5. The van der Waals surface area contributed by atoms with E-state index in [2.05, 4.69) is 5.32 Å². The summed E-state index contributed by atoms with van der Waals surface area (Å²) >= 11 is 1.52. The number of hydrogen-bond donors (Lipinski definition) is 2. The molecule has 5 heteroatoms. The summed E-state index contributed by atoms with van der Waals surface area (Å²) < 4.78 is 1.94. The quantitative estimate of drug-likeness (QED) is 0.756. The number of benzene rings is 1. The first-order valence-electron chi connectivity index (χ1n) is 7.33. The zero-order valence-corrected chi connectivity index (χ0v) is 13.6. The number of nitrogens with one attached hydrogen (secondary N) is 1. The van der Waals surface area contributed by atoms with Gasteiger partial charge in [-0.15, -0.1) is 0 Å². The Labute approximate surface area is 139 Å². The van der Waals surface area contributed by atoms with Crippen molar-refractivity contribution in [3.8, 4) is 5.69 Å². The summed E-state index contributed by atoms with van der Waals surface area (Å²) in [7, 11) is 0. The fraction of sp³-hybridized carbons (Fsp3) is 0.167. The molecule has 0 aliphatic carbocycles. The van der Waals surface area contributed by atoms with Crippen molar-refractivity contribution in [2.45, 2.75) is 12.5 Å². The van der Waals surface area contributed by atoms with E-state index >= 15 is 0 Å². The van der Waals surface area contributed by atoms with Crippen molar-refractivity contribution in [1.82, 2.24) is 9.88 Å². The summed E-state index contributed by atoms with van der Waals surface area (Å²) in [5.74, 6) is -0.200. The monoisotopic (exact) mass is 326 g/mol. The molecular formula is C18H18N2O2S. The maximum absolute atomic E-state index is 12.4. The summed E-state index contributed by atoms with van der Waals surface area (Å²) in [4.78, 5) is 12.4. The Bertz CT molecular complexity index is 777. The molecule has 118 valence electrons. The SMILES string of the molecule is CC(O)(CNC(=O)c1cccc(-n2cccc2)c1)c1ccsc1. The molecule has 0 aliphatic rings. The van der Waals surface area contributed by atoms with Crippen LogP contribution in [0.1, 0.15) is 22.8 Å². The first-order valence-corrected chi connectivity index (χ1v) is 8.27. The fourth-order valence-corrected chi connectivity index (χ4v) is 3.12. The van der Waals surface area contributed by atoms with Crippen molar-refractivity contribution >= 4 is 17.2 Å². The molecule has 2 N–H and O–H groups in total. The highest BCUT2D eigenvalue weighted by Gasteiger charge is 2.24. The summed E-state index contributed by atoms with van der Waals surface area (Å²) in [6, 6.07) is 13.1. The van der Waals surface area contributed by atoms with E-state index in [1.54, 1.807) is 13.0 Å². The molecule has 0 saturated carbocycles. The predicted octanol–water partition coefficient (Wildman–Crippen LogP) is 3.18. The standard InChI is InChI=1S/C18H18N2O2S/c1-18(22,15-7-10-23-12-15)13-19-17(21)14-5-4-6-16(11-14)20-8-2-3-9-20/h2-12,22H,13H2,1H3,(H,19,21). The third-order valence-corrected chi connectivity index (χ3v) is 4.43. The summed E-state index contributed by atoms with van der Waals surface area (Å²) in [6.07, 6.45) is 3.86. The fourth-order valence-electron chi connectivity index (χ4n) is 2.34. The van der Waals surface area contributed by atoms with E-state index in [-0.39, 0.29) is 12.5 Å². The number of carbonyl (C=O) groups excluding carboxylic acids is 1. The van der Waals surface area contributed by atoms with Crippen LogP contribution in [-0.2, 0) is 5.60 Å². The molecule has 2 heterocycles. The van der Waals surface area contributed by atoms with Gasteiger partial charge in [0.1, 0.15) is 5.60 Å². The number of thiophene rings is 1. The first-order chi connectivity index (χ1) is 11.1. The lowest BCUT2D eigenvalue weighted by atomic mass is 9.99. The number of amides is 1. The first kappa shape index (κ1) is 15.5. The highest BCUT2D eigenvalue weighted by molar-refractivity contribution is 7.08. The van der Waals surface area contributed by atoms with Crippen LogP contribution in [0.4, 0.5) is 0 Å². The molecule has 0 fully saturated rings. The zero-order chi connectivity index (χ0) is 16.3. The number of nitrogens with zero attached hydrogens (tertiary/aromatic N) is 1. The van der Waals surface area contributed by atoms with Gasteiger partial charge in [0, 0.05) is 23.6 Å². The molecule has 3 rings (SSSR count). The minimum atomic E-state index is -1.08. The highest BCUT2D eigenvalue weighted by Crippen LogP contribution is 2.22. The van der Waals surface area contributed by atoms with Crippen LogP contribution in [0.5, 0.6) is 0 Å². The summed E-state index contributed by atoms with van der Waals surface area (Å²) in [5, 5.41) is 17.1. The molecule has 0 radical (unpaired) electrons. The maximum Gasteiger partial charge on any atom is 0.251 e. The van der Waals surface area contributed by atoms with Crippen molar-refractivity contribution in [3.05, 3.63) is 76.7 Å². The van der Waals surface area contributed by atoms with Crippen LogP contribution < -0.4 is 5.32 Å². The normalized spacial score (nSPS) is 13.5. The summed E-state index contributed by atoms with van der Waals surface area (Å²) in [6.45, 7) is 1.86. The highest BCUT2D eigenvalue weighted by atomic mass is 32.1.